The largest absolute Gasteiger partial charge is 0.452 e. The van der Waals surface area contributed by atoms with Gasteiger partial charge in [0.25, 0.3) is 5.91 Å². The average Bonchev–Trinajstić information content (AvgIpc) is 2.67. The molecule has 1 N–H and O–H groups in total. The van der Waals surface area contributed by atoms with Crippen molar-refractivity contribution in [3.63, 3.8) is 0 Å². The quantitative estimate of drug-likeness (QED) is 0.745. The van der Waals surface area contributed by atoms with Gasteiger partial charge in [-0.1, -0.05) is 17.7 Å². The van der Waals surface area contributed by atoms with Crippen molar-refractivity contribution < 1.29 is 37.0 Å². The van der Waals surface area contributed by atoms with Crippen LogP contribution in [0.1, 0.15) is 25.3 Å². The first kappa shape index (κ1) is 22.5. The van der Waals surface area contributed by atoms with Gasteiger partial charge in [-0.15, -0.1) is 0 Å². The Bertz CT molecular complexity index is 728. The van der Waals surface area contributed by atoms with E-state index in [1.54, 1.807) is 12.1 Å². The molecule has 0 bridgehead atoms. The number of nitrogens with zero attached hydrogens (tertiary/aromatic N) is 1. The molecule has 0 aromatic heterocycles. The van der Waals surface area contributed by atoms with Crippen molar-refractivity contribution in [3.8, 4) is 0 Å². The number of hydrogen-bond acceptors (Lipinski definition) is 5. The Morgan fingerprint density at radius 2 is 1.76 bits per heavy atom. The molecular formula is C19H23F3N2O5. The standard InChI is InChI=1S/C19H23F3N2O5/c1-12-3-5-15(6-4-12)23-16(25)13(2)29-17(26)14-7-9-24(10-8-14)18(27)28-11-19(20,21)22/h3-6,13-14H,7-11H2,1-2H3,(H,23,25). The van der Waals surface area contributed by atoms with Crippen molar-refractivity contribution in [2.45, 2.75) is 39.0 Å². The number of piperidine rings is 1. The van der Waals surface area contributed by atoms with Crippen LogP contribution in [0.25, 0.3) is 0 Å². The van der Waals surface area contributed by atoms with Gasteiger partial charge in [0.2, 0.25) is 0 Å². The van der Waals surface area contributed by atoms with E-state index in [1.807, 2.05) is 19.1 Å². The zero-order valence-electron chi connectivity index (χ0n) is 16.1. The number of carbonyl (C=O) groups is 3. The van der Waals surface area contributed by atoms with Crippen molar-refractivity contribution in [2.75, 3.05) is 25.0 Å². The van der Waals surface area contributed by atoms with Crippen LogP contribution in [0.3, 0.4) is 0 Å². The van der Waals surface area contributed by atoms with Crippen molar-refractivity contribution in [2.24, 2.45) is 5.92 Å². The summed E-state index contributed by atoms with van der Waals surface area (Å²) in [4.78, 5) is 37.2. The van der Waals surface area contributed by atoms with E-state index in [1.165, 1.54) is 6.92 Å². The molecule has 0 saturated carbocycles. The Hall–Kier alpha value is -2.78. The molecule has 2 amide bonds. The molecule has 1 heterocycles. The van der Waals surface area contributed by atoms with E-state index < -0.39 is 42.8 Å². The van der Waals surface area contributed by atoms with Crippen LogP contribution in [-0.4, -0.2) is 54.8 Å². The van der Waals surface area contributed by atoms with Crippen LogP contribution in [0.5, 0.6) is 0 Å². The van der Waals surface area contributed by atoms with Gasteiger partial charge in [-0.05, 0) is 38.8 Å². The molecule has 29 heavy (non-hydrogen) atoms. The van der Waals surface area contributed by atoms with Gasteiger partial charge in [0, 0.05) is 18.8 Å². The van der Waals surface area contributed by atoms with Crippen molar-refractivity contribution in [1.29, 1.82) is 0 Å². The highest BCUT2D eigenvalue weighted by Gasteiger charge is 2.34. The molecule has 1 unspecified atom stereocenters. The highest BCUT2D eigenvalue weighted by atomic mass is 19.4. The minimum absolute atomic E-state index is 0.0698. The van der Waals surface area contributed by atoms with Crippen LogP contribution in [0.4, 0.5) is 23.7 Å². The number of ether oxygens (including phenoxy) is 2. The van der Waals surface area contributed by atoms with E-state index in [2.05, 4.69) is 10.1 Å². The first-order chi connectivity index (χ1) is 13.5. The van der Waals surface area contributed by atoms with Crippen molar-refractivity contribution in [1.82, 2.24) is 4.90 Å². The lowest BCUT2D eigenvalue weighted by atomic mass is 9.97. The fourth-order valence-electron chi connectivity index (χ4n) is 2.74. The summed E-state index contributed by atoms with van der Waals surface area (Å²) in [6.45, 7) is 1.85. The average molecular weight is 416 g/mol. The van der Waals surface area contributed by atoms with E-state index >= 15 is 0 Å². The second-order valence-electron chi connectivity index (χ2n) is 6.87. The molecule has 0 radical (unpaired) electrons. The second kappa shape index (κ2) is 9.62. The number of nitrogens with one attached hydrogen (secondary N) is 1. The number of likely N-dealkylation sites (tertiary alicyclic amines) is 1. The summed E-state index contributed by atoms with van der Waals surface area (Å²) in [6, 6.07) is 7.13. The van der Waals surface area contributed by atoms with E-state index in [9.17, 15) is 27.6 Å². The number of carbonyl (C=O) groups excluding carboxylic acids is 3. The molecule has 0 aliphatic carbocycles. The van der Waals surface area contributed by atoms with Crippen LogP contribution in [0, 0.1) is 12.8 Å². The molecule has 0 spiro atoms. The number of benzene rings is 1. The first-order valence-electron chi connectivity index (χ1n) is 9.11. The Morgan fingerprint density at radius 3 is 2.31 bits per heavy atom. The topological polar surface area (TPSA) is 84.9 Å². The highest BCUT2D eigenvalue weighted by Crippen LogP contribution is 2.21. The Morgan fingerprint density at radius 1 is 1.17 bits per heavy atom. The molecular weight excluding hydrogens is 393 g/mol. The van der Waals surface area contributed by atoms with Crippen LogP contribution >= 0.6 is 0 Å². The number of aryl methyl sites for hydroxylation is 1. The number of hydrogen-bond donors (Lipinski definition) is 1. The van der Waals surface area contributed by atoms with Crippen LogP contribution in [0.15, 0.2) is 24.3 Å². The Kier molecular flexibility index (Phi) is 7.46. The molecule has 1 fully saturated rings. The van der Waals surface area contributed by atoms with Gasteiger partial charge in [-0.25, -0.2) is 4.79 Å². The maximum absolute atomic E-state index is 12.3. The molecule has 1 atom stereocenters. The summed E-state index contributed by atoms with van der Waals surface area (Å²) in [7, 11) is 0. The number of anilines is 1. The van der Waals surface area contributed by atoms with Crippen molar-refractivity contribution in [3.05, 3.63) is 29.8 Å². The van der Waals surface area contributed by atoms with Crippen LogP contribution < -0.4 is 5.32 Å². The molecule has 1 aromatic rings. The highest BCUT2D eigenvalue weighted by molar-refractivity contribution is 5.95. The summed E-state index contributed by atoms with van der Waals surface area (Å²) in [5.74, 6) is -1.61. The molecule has 160 valence electrons. The van der Waals surface area contributed by atoms with Gasteiger partial charge in [-0.2, -0.15) is 13.2 Å². The molecule has 2 rings (SSSR count). The molecule has 1 aliphatic heterocycles. The Labute approximate surface area is 166 Å². The van der Waals surface area contributed by atoms with Gasteiger partial charge < -0.3 is 19.7 Å². The van der Waals surface area contributed by atoms with Crippen LogP contribution in [-0.2, 0) is 19.1 Å². The SMILES string of the molecule is Cc1ccc(NC(=O)C(C)OC(=O)C2CCN(C(=O)OCC(F)(F)F)CC2)cc1. The zero-order chi connectivity index (χ0) is 21.6. The number of rotatable bonds is 5. The maximum atomic E-state index is 12.3. The third-order valence-electron chi connectivity index (χ3n) is 4.43. The van der Waals surface area contributed by atoms with Crippen LogP contribution in [0.2, 0.25) is 0 Å². The summed E-state index contributed by atoms with van der Waals surface area (Å²) in [6.07, 6.45) is -6.25. The lowest BCUT2D eigenvalue weighted by Crippen LogP contribution is -2.42. The summed E-state index contributed by atoms with van der Waals surface area (Å²) in [5.41, 5.74) is 1.62. The van der Waals surface area contributed by atoms with E-state index in [0.29, 0.717) is 5.69 Å². The number of halogens is 3. The summed E-state index contributed by atoms with van der Waals surface area (Å²) >= 11 is 0. The smallest absolute Gasteiger partial charge is 0.422 e. The molecule has 1 saturated heterocycles. The third kappa shape index (κ3) is 7.28. The van der Waals surface area contributed by atoms with E-state index in [-0.39, 0.29) is 25.9 Å². The predicted molar refractivity (Wildman–Crippen MR) is 97.1 cm³/mol. The molecule has 10 heteroatoms. The van der Waals surface area contributed by atoms with Gasteiger partial charge in [0.1, 0.15) is 0 Å². The fourth-order valence-corrected chi connectivity index (χ4v) is 2.74. The van der Waals surface area contributed by atoms with Crippen molar-refractivity contribution >= 4 is 23.7 Å². The zero-order valence-corrected chi connectivity index (χ0v) is 16.1. The monoisotopic (exact) mass is 416 g/mol. The van der Waals surface area contributed by atoms with Gasteiger partial charge in [0.15, 0.2) is 12.7 Å². The lowest BCUT2D eigenvalue weighted by Gasteiger charge is -2.30. The number of alkyl halides is 3. The van der Waals surface area contributed by atoms with Gasteiger partial charge in [0.05, 0.1) is 5.92 Å². The predicted octanol–water partition coefficient (Wildman–Crippen LogP) is 3.28. The number of amides is 2. The second-order valence-corrected chi connectivity index (χ2v) is 6.87. The number of esters is 1. The molecule has 7 nitrogen and oxygen atoms in total. The summed E-state index contributed by atoms with van der Waals surface area (Å²) in [5, 5.41) is 2.65. The summed E-state index contributed by atoms with van der Waals surface area (Å²) < 4.78 is 45.7. The fraction of sp³-hybridized carbons (Fsp3) is 0.526. The molecule has 1 aromatic carbocycles. The Balaban J connectivity index is 1.76. The minimum atomic E-state index is -4.59. The van der Waals surface area contributed by atoms with E-state index in [0.717, 1.165) is 10.5 Å². The first-order valence-corrected chi connectivity index (χ1v) is 9.11. The van der Waals surface area contributed by atoms with E-state index in [4.69, 9.17) is 4.74 Å². The lowest BCUT2D eigenvalue weighted by molar-refractivity contribution is -0.163. The van der Waals surface area contributed by atoms with Gasteiger partial charge in [-0.3, -0.25) is 9.59 Å². The minimum Gasteiger partial charge on any atom is -0.452 e. The normalized spacial score (nSPS) is 16.1. The molecule has 1 aliphatic rings. The van der Waals surface area contributed by atoms with Gasteiger partial charge >= 0.3 is 18.2 Å². The maximum Gasteiger partial charge on any atom is 0.422 e. The third-order valence-corrected chi connectivity index (χ3v) is 4.43.